The first-order valence-corrected chi connectivity index (χ1v) is 3.83. The SMILES string of the molecule is COC(=O)NC1CCNC(=O)C1. The summed E-state index contributed by atoms with van der Waals surface area (Å²) >= 11 is 0. The van der Waals surface area contributed by atoms with Gasteiger partial charge in [-0.05, 0) is 6.42 Å². The molecule has 0 radical (unpaired) electrons. The average molecular weight is 172 g/mol. The summed E-state index contributed by atoms with van der Waals surface area (Å²) in [5.74, 6) is -0.0253. The summed E-state index contributed by atoms with van der Waals surface area (Å²) in [6.45, 7) is 0.619. The Morgan fingerprint density at radius 2 is 2.50 bits per heavy atom. The quantitative estimate of drug-likeness (QED) is 0.566. The Kier molecular flexibility index (Phi) is 2.90. The van der Waals surface area contributed by atoms with Crippen LogP contribution in [0.3, 0.4) is 0 Å². The Hall–Kier alpha value is -1.26. The van der Waals surface area contributed by atoms with Crippen LogP contribution >= 0.6 is 0 Å². The molecule has 1 heterocycles. The van der Waals surface area contributed by atoms with E-state index in [1.54, 1.807) is 0 Å². The predicted molar refractivity (Wildman–Crippen MR) is 41.6 cm³/mol. The monoisotopic (exact) mass is 172 g/mol. The van der Waals surface area contributed by atoms with Crippen LogP contribution in [0.25, 0.3) is 0 Å². The molecule has 68 valence electrons. The van der Waals surface area contributed by atoms with Gasteiger partial charge in [-0.25, -0.2) is 4.79 Å². The zero-order valence-corrected chi connectivity index (χ0v) is 6.92. The van der Waals surface area contributed by atoms with Gasteiger partial charge in [0, 0.05) is 19.0 Å². The second-order valence-corrected chi connectivity index (χ2v) is 2.68. The van der Waals surface area contributed by atoms with Gasteiger partial charge in [0.25, 0.3) is 0 Å². The van der Waals surface area contributed by atoms with Crippen molar-refractivity contribution in [2.75, 3.05) is 13.7 Å². The number of methoxy groups -OCH3 is 1. The van der Waals surface area contributed by atoms with Gasteiger partial charge in [0.15, 0.2) is 0 Å². The number of hydrogen-bond donors (Lipinski definition) is 2. The fourth-order valence-electron chi connectivity index (χ4n) is 1.13. The molecule has 5 nitrogen and oxygen atoms in total. The topological polar surface area (TPSA) is 67.4 Å². The molecular weight excluding hydrogens is 160 g/mol. The largest absolute Gasteiger partial charge is 0.453 e. The second-order valence-electron chi connectivity index (χ2n) is 2.68. The van der Waals surface area contributed by atoms with Crippen molar-refractivity contribution in [1.82, 2.24) is 10.6 Å². The van der Waals surface area contributed by atoms with Gasteiger partial charge in [-0.3, -0.25) is 4.79 Å². The summed E-state index contributed by atoms with van der Waals surface area (Å²) in [6.07, 6.45) is 0.630. The van der Waals surface area contributed by atoms with Crippen molar-refractivity contribution in [3.8, 4) is 0 Å². The highest BCUT2D eigenvalue weighted by Gasteiger charge is 2.20. The third-order valence-corrected chi connectivity index (χ3v) is 1.75. The Bertz CT molecular complexity index is 193. The van der Waals surface area contributed by atoms with E-state index >= 15 is 0 Å². The number of piperidine rings is 1. The maximum Gasteiger partial charge on any atom is 0.407 e. The second kappa shape index (κ2) is 3.94. The maximum absolute atomic E-state index is 10.8. The molecular formula is C7H12N2O3. The van der Waals surface area contributed by atoms with Crippen molar-refractivity contribution >= 4 is 12.0 Å². The Labute approximate surface area is 70.5 Å². The van der Waals surface area contributed by atoms with Crippen molar-refractivity contribution in [1.29, 1.82) is 0 Å². The summed E-state index contributed by atoms with van der Waals surface area (Å²) in [7, 11) is 1.30. The van der Waals surface area contributed by atoms with E-state index in [-0.39, 0.29) is 11.9 Å². The minimum atomic E-state index is -0.477. The molecule has 1 unspecified atom stereocenters. The lowest BCUT2D eigenvalue weighted by molar-refractivity contribution is -0.122. The van der Waals surface area contributed by atoms with Crippen molar-refractivity contribution in [2.24, 2.45) is 0 Å². The average Bonchev–Trinajstić information content (AvgIpc) is 2.04. The van der Waals surface area contributed by atoms with E-state index in [1.807, 2.05) is 0 Å². The Balaban J connectivity index is 2.32. The van der Waals surface area contributed by atoms with Gasteiger partial charge in [0.05, 0.1) is 7.11 Å². The van der Waals surface area contributed by atoms with Gasteiger partial charge < -0.3 is 15.4 Å². The van der Waals surface area contributed by atoms with Gasteiger partial charge in [-0.2, -0.15) is 0 Å². The predicted octanol–water partition coefficient (Wildman–Crippen LogP) is -0.379. The van der Waals surface area contributed by atoms with Crippen molar-refractivity contribution in [3.05, 3.63) is 0 Å². The lowest BCUT2D eigenvalue weighted by atomic mass is 10.1. The number of alkyl carbamates (subject to hydrolysis) is 1. The van der Waals surface area contributed by atoms with Crippen LogP contribution in [0.5, 0.6) is 0 Å². The molecule has 1 saturated heterocycles. The molecule has 0 aromatic rings. The van der Waals surface area contributed by atoms with Crippen LogP contribution in [0.2, 0.25) is 0 Å². The van der Waals surface area contributed by atoms with Gasteiger partial charge in [-0.15, -0.1) is 0 Å². The summed E-state index contributed by atoms with van der Waals surface area (Å²) in [5.41, 5.74) is 0. The molecule has 1 rings (SSSR count). The third-order valence-electron chi connectivity index (χ3n) is 1.75. The summed E-state index contributed by atoms with van der Waals surface area (Å²) in [6, 6.07) is -0.0776. The molecule has 1 aliphatic rings. The Morgan fingerprint density at radius 1 is 1.75 bits per heavy atom. The van der Waals surface area contributed by atoms with Crippen molar-refractivity contribution in [2.45, 2.75) is 18.9 Å². The van der Waals surface area contributed by atoms with Gasteiger partial charge in [0.2, 0.25) is 5.91 Å². The number of carbonyl (C=O) groups is 2. The molecule has 0 aromatic heterocycles. The van der Waals surface area contributed by atoms with E-state index in [1.165, 1.54) is 7.11 Å². The van der Waals surface area contributed by atoms with E-state index in [0.29, 0.717) is 13.0 Å². The number of ether oxygens (including phenoxy) is 1. The van der Waals surface area contributed by atoms with Crippen LogP contribution in [0.4, 0.5) is 4.79 Å². The van der Waals surface area contributed by atoms with E-state index in [2.05, 4.69) is 15.4 Å². The first kappa shape index (κ1) is 8.83. The molecule has 0 aromatic carbocycles. The van der Waals surface area contributed by atoms with Crippen LogP contribution in [0.15, 0.2) is 0 Å². The van der Waals surface area contributed by atoms with Crippen molar-refractivity contribution < 1.29 is 14.3 Å². The van der Waals surface area contributed by atoms with Crippen LogP contribution in [0, 0.1) is 0 Å². The fraction of sp³-hybridized carbons (Fsp3) is 0.714. The zero-order chi connectivity index (χ0) is 8.97. The Morgan fingerprint density at radius 3 is 3.08 bits per heavy atom. The minimum absolute atomic E-state index is 0.0253. The number of rotatable bonds is 1. The third kappa shape index (κ3) is 2.41. The van der Waals surface area contributed by atoms with E-state index in [9.17, 15) is 9.59 Å². The summed E-state index contributed by atoms with van der Waals surface area (Å²) in [4.78, 5) is 21.6. The number of hydrogen-bond acceptors (Lipinski definition) is 3. The number of carbonyl (C=O) groups excluding carboxylic acids is 2. The van der Waals surface area contributed by atoms with Gasteiger partial charge >= 0.3 is 6.09 Å². The highest BCUT2D eigenvalue weighted by molar-refractivity contribution is 5.78. The van der Waals surface area contributed by atoms with Crippen LogP contribution in [-0.2, 0) is 9.53 Å². The lowest BCUT2D eigenvalue weighted by Gasteiger charge is -2.22. The molecule has 2 N–H and O–H groups in total. The molecule has 1 atom stereocenters. The van der Waals surface area contributed by atoms with E-state index in [0.717, 1.165) is 6.42 Å². The zero-order valence-electron chi connectivity index (χ0n) is 6.92. The molecule has 0 spiro atoms. The molecule has 0 saturated carbocycles. The molecule has 5 heteroatoms. The highest BCUT2D eigenvalue weighted by atomic mass is 16.5. The summed E-state index contributed by atoms with van der Waals surface area (Å²) < 4.78 is 4.41. The molecule has 0 bridgehead atoms. The number of nitrogens with one attached hydrogen (secondary N) is 2. The molecule has 1 fully saturated rings. The molecule has 1 aliphatic heterocycles. The smallest absolute Gasteiger partial charge is 0.407 e. The lowest BCUT2D eigenvalue weighted by Crippen LogP contribution is -2.45. The van der Waals surface area contributed by atoms with Crippen molar-refractivity contribution in [3.63, 3.8) is 0 Å². The normalized spacial score (nSPS) is 22.8. The molecule has 0 aliphatic carbocycles. The number of amides is 2. The van der Waals surface area contributed by atoms with Crippen LogP contribution in [0.1, 0.15) is 12.8 Å². The van der Waals surface area contributed by atoms with E-state index < -0.39 is 6.09 Å². The fourth-order valence-corrected chi connectivity index (χ4v) is 1.13. The molecule has 2 amide bonds. The highest BCUT2D eigenvalue weighted by Crippen LogP contribution is 2.02. The molecule has 12 heavy (non-hydrogen) atoms. The first-order chi connectivity index (χ1) is 5.72. The standard InChI is InChI=1S/C7H12N2O3/c1-12-7(11)9-5-2-3-8-6(10)4-5/h5H,2-4H2,1H3,(H,8,10)(H,9,11). The summed E-state index contributed by atoms with van der Waals surface area (Å²) in [5, 5.41) is 5.25. The van der Waals surface area contributed by atoms with Gasteiger partial charge in [-0.1, -0.05) is 0 Å². The maximum atomic E-state index is 10.8. The van der Waals surface area contributed by atoms with Crippen LogP contribution < -0.4 is 10.6 Å². The first-order valence-electron chi connectivity index (χ1n) is 3.83. The minimum Gasteiger partial charge on any atom is -0.453 e. The van der Waals surface area contributed by atoms with E-state index in [4.69, 9.17) is 0 Å². The van der Waals surface area contributed by atoms with Crippen LogP contribution in [-0.4, -0.2) is 31.7 Å². The van der Waals surface area contributed by atoms with Gasteiger partial charge in [0.1, 0.15) is 0 Å².